The van der Waals surface area contributed by atoms with Crippen molar-refractivity contribution >= 4 is 12.1 Å². The van der Waals surface area contributed by atoms with Gasteiger partial charge in [0.1, 0.15) is 0 Å². The van der Waals surface area contributed by atoms with Crippen LogP contribution in [0.2, 0.25) is 0 Å². The molecule has 1 aromatic carbocycles. The molecule has 6 rings (SSSR count). The maximum Gasteiger partial charge on any atom is 0.249 e. The molecule has 0 saturated heterocycles. The minimum Gasteiger partial charge on any atom is -0.477 e. The van der Waals surface area contributed by atoms with Crippen molar-refractivity contribution in [1.82, 2.24) is 9.99 Å². The highest BCUT2D eigenvalue weighted by Gasteiger charge is 2.72. The molecule has 6 heteroatoms. The molecule has 3 fully saturated rings. The van der Waals surface area contributed by atoms with Crippen LogP contribution in [0, 0.1) is 29.1 Å². The number of amides is 1. The zero-order valence-corrected chi connectivity index (χ0v) is 16.3. The lowest BCUT2D eigenvalue weighted by atomic mass is 9.35. The summed E-state index contributed by atoms with van der Waals surface area (Å²) in [6.45, 7) is 2.60. The Bertz CT molecular complexity index is 1020. The molecule has 1 aliphatic heterocycles. The van der Waals surface area contributed by atoms with Gasteiger partial charge in [-0.15, -0.1) is 0 Å². The van der Waals surface area contributed by atoms with Crippen molar-refractivity contribution in [3.05, 3.63) is 59.3 Å². The van der Waals surface area contributed by atoms with E-state index in [2.05, 4.69) is 16.2 Å². The van der Waals surface area contributed by atoms with Crippen LogP contribution in [0.5, 0.6) is 5.88 Å². The van der Waals surface area contributed by atoms with Gasteiger partial charge in [-0.1, -0.05) is 18.2 Å². The molecule has 0 radical (unpaired) electrons. The van der Waals surface area contributed by atoms with Gasteiger partial charge in [0.25, 0.3) is 0 Å². The molecular weight excluding hydrogens is 364 g/mol. The first-order valence-corrected chi connectivity index (χ1v) is 9.94. The molecule has 1 unspecified atom stereocenters. The summed E-state index contributed by atoms with van der Waals surface area (Å²) in [4.78, 5) is 17.6. The standard InChI is InChI=1S/C23H22N4O2/c1-16-5-6-20(25-11-16)29-15-22-12-23(13-22,14-22)21(28)27-19(7-8-26-27)18-4-2-3-17(9-18)10-24/h2-6,8-9,11,19H,7,12-15H2,1H3. The number of nitriles is 1. The molecule has 1 atom stereocenters. The number of carbonyl (C=O) groups excluding carboxylic acids is 1. The number of carbonyl (C=O) groups is 1. The van der Waals surface area contributed by atoms with E-state index in [0.29, 0.717) is 24.5 Å². The first-order valence-electron chi connectivity index (χ1n) is 9.94. The SMILES string of the molecule is Cc1ccc(OCC23CC(C(=O)N4N=CCC4c4cccc(C#N)c4)(C2)C3)nc1. The van der Waals surface area contributed by atoms with Crippen LogP contribution in [-0.2, 0) is 4.79 Å². The van der Waals surface area contributed by atoms with Gasteiger partial charge in [0.05, 0.1) is 29.7 Å². The summed E-state index contributed by atoms with van der Waals surface area (Å²) in [7, 11) is 0. The number of aromatic nitrogens is 1. The Kier molecular flexibility index (Phi) is 3.95. The van der Waals surface area contributed by atoms with Crippen LogP contribution in [0.1, 0.15) is 48.4 Å². The maximum absolute atomic E-state index is 13.3. The molecule has 4 aliphatic rings. The van der Waals surface area contributed by atoms with Crippen LogP contribution in [0.3, 0.4) is 0 Å². The smallest absolute Gasteiger partial charge is 0.249 e. The first-order chi connectivity index (χ1) is 14.0. The topological polar surface area (TPSA) is 78.6 Å². The summed E-state index contributed by atoms with van der Waals surface area (Å²) in [6.07, 6.45) is 6.83. The number of ether oxygens (including phenoxy) is 1. The van der Waals surface area contributed by atoms with Gasteiger partial charge in [0.15, 0.2) is 0 Å². The molecule has 2 bridgehead atoms. The average Bonchev–Trinajstić information content (AvgIpc) is 3.17. The Morgan fingerprint density at radius 2 is 2.14 bits per heavy atom. The van der Waals surface area contributed by atoms with Gasteiger partial charge in [-0.2, -0.15) is 10.4 Å². The van der Waals surface area contributed by atoms with Gasteiger partial charge in [0, 0.05) is 30.3 Å². The second kappa shape index (κ2) is 6.41. The summed E-state index contributed by atoms with van der Waals surface area (Å²) in [5.74, 6) is 0.747. The number of nitrogens with zero attached hydrogens (tertiary/aromatic N) is 4. The van der Waals surface area contributed by atoms with E-state index in [4.69, 9.17) is 10.00 Å². The van der Waals surface area contributed by atoms with E-state index in [1.54, 1.807) is 23.5 Å². The minimum absolute atomic E-state index is 0.0991. The molecule has 2 heterocycles. The summed E-state index contributed by atoms with van der Waals surface area (Å²) in [5.41, 5.74) is 2.48. The van der Waals surface area contributed by atoms with Gasteiger partial charge >= 0.3 is 0 Å². The minimum atomic E-state index is -0.295. The highest BCUT2D eigenvalue weighted by atomic mass is 16.5. The Morgan fingerprint density at radius 3 is 2.86 bits per heavy atom. The van der Waals surface area contributed by atoms with Crippen LogP contribution >= 0.6 is 0 Å². The van der Waals surface area contributed by atoms with Gasteiger partial charge in [-0.3, -0.25) is 4.79 Å². The average molecular weight is 386 g/mol. The lowest BCUT2D eigenvalue weighted by molar-refractivity contribution is -0.227. The van der Waals surface area contributed by atoms with Gasteiger partial charge in [0.2, 0.25) is 11.8 Å². The van der Waals surface area contributed by atoms with Gasteiger partial charge in [-0.05, 0) is 49.4 Å². The van der Waals surface area contributed by atoms with Crippen LogP contribution in [0.4, 0.5) is 0 Å². The normalized spacial score (nSPS) is 29.0. The second-order valence-electron chi connectivity index (χ2n) is 8.71. The summed E-state index contributed by atoms with van der Waals surface area (Å²) < 4.78 is 5.88. The van der Waals surface area contributed by atoms with E-state index in [9.17, 15) is 4.79 Å². The van der Waals surface area contributed by atoms with E-state index in [1.807, 2.05) is 37.3 Å². The largest absolute Gasteiger partial charge is 0.477 e. The van der Waals surface area contributed by atoms with Crippen molar-refractivity contribution in [1.29, 1.82) is 5.26 Å². The van der Waals surface area contributed by atoms with Gasteiger partial charge < -0.3 is 4.74 Å². The van der Waals surface area contributed by atoms with Crippen molar-refractivity contribution in [2.45, 2.75) is 38.6 Å². The van der Waals surface area contributed by atoms with Crippen molar-refractivity contribution in [3.63, 3.8) is 0 Å². The Hall–Kier alpha value is -3.20. The number of pyridine rings is 1. The predicted molar refractivity (Wildman–Crippen MR) is 107 cm³/mol. The summed E-state index contributed by atoms with van der Waals surface area (Å²) in [6, 6.07) is 13.4. The summed E-state index contributed by atoms with van der Waals surface area (Å²) in [5, 5.41) is 15.2. The van der Waals surface area contributed by atoms with E-state index < -0.39 is 0 Å². The quantitative estimate of drug-likeness (QED) is 0.784. The summed E-state index contributed by atoms with van der Waals surface area (Å²) >= 11 is 0. The Labute approximate surface area is 169 Å². The zero-order chi connectivity index (χ0) is 20.1. The lowest BCUT2D eigenvalue weighted by Crippen LogP contribution is -2.69. The Balaban J connectivity index is 1.23. The molecule has 2 aromatic rings. The molecule has 1 aromatic heterocycles. The number of hydrazone groups is 1. The van der Waals surface area contributed by atoms with Crippen molar-refractivity contribution in [3.8, 4) is 11.9 Å². The number of hydrogen-bond donors (Lipinski definition) is 0. The van der Waals surface area contributed by atoms with Gasteiger partial charge in [-0.25, -0.2) is 9.99 Å². The molecule has 0 N–H and O–H groups in total. The highest BCUT2D eigenvalue weighted by Crippen LogP contribution is 2.74. The number of hydrogen-bond acceptors (Lipinski definition) is 5. The maximum atomic E-state index is 13.3. The third kappa shape index (κ3) is 2.89. The third-order valence-electron chi connectivity index (χ3n) is 6.44. The zero-order valence-electron chi connectivity index (χ0n) is 16.3. The molecule has 1 amide bonds. The monoisotopic (exact) mass is 386 g/mol. The van der Waals surface area contributed by atoms with E-state index >= 15 is 0 Å². The molecule has 29 heavy (non-hydrogen) atoms. The van der Waals surface area contributed by atoms with Crippen LogP contribution in [-0.4, -0.2) is 28.7 Å². The fourth-order valence-corrected chi connectivity index (χ4v) is 5.09. The molecule has 3 aliphatic carbocycles. The molecular formula is C23H22N4O2. The van der Waals surface area contributed by atoms with Crippen molar-refractivity contribution < 1.29 is 9.53 Å². The van der Waals surface area contributed by atoms with Crippen LogP contribution in [0.15, 0.2) is 47.7 Å². The molecule has 0 spiro atoms. The lowest BCUT2D eigenvalue weighted by Gasteiger charge is -2.69. The fraction of sp³-hybridized carbons (Fsp3) is 0.391. The van der Waals surface area contributed by atoms with Crippen LogP contribution in [0.25, 0.3) is 0 Å². The van der Waals surface area contributed by atoms with Crippen molar-refractivity contribution in [2.75, 3.05) is 6.61 Å². The predicted octanol–water partition coefficient (Wildman–Crippen LogP) is 3.77. The Morgan fingerprint density at radius 1 is 1.31 bits per heavy atom. The molecule has 6 nitrogen and oxygen atoms in total. The molecule has 146 valence electrons. The number of benzene rings is 1. The number of aryl methyl sites for hydroxylation is 1. The fourth-order valence-electron chi connectivity index (χ4n) is 5.09. The third-order valence-corrected chi connectivity index (χ3v) is 6.44. The van der Waals surface area contributed by atoms with E-state index in [-0.39, 0.29) is 22.8 Å². The molecule has 3 saturated carbocycles. The first kappa shape index (κ1) is 17.9. The van der Waals surface area contributed by atoms with Crippen LogP contribution < -0.4 is 4.74 Å². The highest BCUT2D eigenvalue weighted by molar-refractivity contribution is 5.88. The number of rotatable bonds is 5. The van der Waals surface area contributed by atoms with E-state index in [1.165, 1.54) is 0 Å². The second-order valence-corrected chi connectivity index (χ2v) is 8.71. The van der Waals surface area contributed by atoms with E-state index in [0.717, 1.165) is 30.4 Å². The van der Waals surface area contributed by atoms with Crippen molar-refractivity contribution in [2.24, 2.45) is 15.9 Å².